The van der Waals surface area contributed by atoms with E-state index in [-0.39, 0.29) is 48.1 Å². The number of amides is 2. The van der Waals surface area contributed by atoms with Gasteiger partial charge in [-0.1, -0.05) is 12.2 Å². The molecule has 3 N–H and O–H groups in total. The number of aryl methyl sites for hydroxylation is 1. The van der Waals surface area contributed by atoms with Gasteiger partial charge in [0.15, 0.2) is 6.61 Å². The number of nitrogens with one attached hydrogen (secondary N) is 3. The molecule has 1 aliphatic carbocycles. The van der Waals surface area contributed by atoms with Crippen molar-refractivity contribution in [2.75, 3.05) is 25.6 Å². The summed E-state index contributed by atoms with van der Waals surface area (Å²) < 4.78 is 39.2. The van der Waals surface area contributed by atoms with Crippen molar-refractivity contribution in [2.45, 2.75) is 38.7 Å². The minimum atomic E-state index is -2.59. The number of anilines is 1. The normalized spacial score (nSPS) is 14.3. The number of allylic oxidation sites excluding steroid dienone is 1. The summed E-state index contributed by atoms with van der Waals surface area (Å²) in [6.45, 7) is 2.05. The molecule has 1 fully saturated rings. The average Bonchev–Trinajstić information content (AvgIpc) is 3.24. The maximum absolute atomic E-state index is 12.0. The van der Waals surface area contributed by atoms with Crippen LogP contribution in [0.2, 0.25) is 0 Å². The molecule has 11 nitrogen and oxygen atoms in total. The van der Waals surface area contributed by atoms with Gasteiger partial charge < -0.3 is 24.8 Å². The molecule has 37 heavy (non-hydrogen) atoms. The number of aromatic amines is 1. The van der Waals surface area contributed by atoms with Gasteiger partial charge in [0.25, 0.3) is 12.3 Å². The fraction of sp³-hybridized carbons (Fsp3) is 0.478. The van der Waals surface area contributed by atoms with E-state index in [1.54, 1.807) is 12.3 Å². The fourth-order valence-corrected chi connectivity index (χ4v) is 2.63. The number of alkyl halides is 2. The Hall–Kier alpha value is -3.08. The first-order valence-corrected chi connectivity index (χ1v) is 11.3. The van der Waals surface area contributed by atoms with E-state index in [2.05, 4.69) is 36.7 Å². The molecule has 4 rings (SSSR count). The molecule has 2 aromatic heterocycles. The topological polar surface area (TPSA) is 132 Å². The average molecular weight is 632 g/mol. The number of ether oxygens (including phenoxy) is 3. The Labute approximate surface area is 231 Å². The summed E-state index contributed by atoms with van der Waals surface area (Å²) in [6.07, 6.45) is 10.1. The summed E-state index contributed by atoms with van der Waals surface area (Å²) in [7, 11) is 2.88. The van der Waals surface area contributed by atoms with E-state index in [1.807, 2.05) is 19.1 Å². The first-order chi connectivity index (χ1) is 17.3. The van der Waals surface area contributed by atoms with Crippen LogP contribution < -0.4 is 15.4 Å². The standard InChI is InChI=1S/C10H11F2N5O2.C9H15NO2.C4H6O.Sb/c1-17-6(4-9(16-17)19-5-7(11)12)10(18)14-8-2-3-13-15-8;1-7(10-9(11)12-2)3-4-8-5-6-8;1-2-4-5-3-1;/h2-4,7H,5H2,1H3,(H2,13,14,15,18);3-4,7-8H,5-6H2,1-2H3,(H,10,11);1,3H,2,4H2;. The molecule has 3 radical (unpaired) electrons. The Kier molecular flexibility index (Phi) is 15.0. The van der Waals surface area contributed by atoms with E-state index in [9.17, 15) is 18.4 Å². The van der Waals surface area contributed by atoms with Crippen LogP contribution in [-0.2, 0) is 16.5 Å². The van der Waals surface area contributed by atoms with Crippen molar-refractivity contribution in [2.24, 2.45) is 13.0 Å². The van der Waals surface area contributed by atoms with Crippen LogP contribution in [0.3, 0.4) is 0 Å². The largest absolute Gasteiger partial charge is 0.501 e. The Morgan fingerprint density at radius 2 is 2.14 bits per heavy atom. The molecule has 0 saturated heterocycles. The van der Waals surface area contributed by atoms with Gasteiger partial charge in [-0.05, 0) is 31.8 Å². The summed E-state index contributed by atoms with van der Waals surface area (Å²) in [6, 6.07) is 2.93. The van der Waals surface area contributed by atoms with Crippen molar-refractivity contribution in [1.29, 1.82) is 0 Å². The van der Waals surface area contributed by atoms with Crippen molar-refractivity contribution in [3.63, 3.8) is 0 Å². The van der Waals surface area contributed by atoms with Crippen LogP contribution in [0.15, 0.2) is 42.8 Å². The van der Waals surface area contributed by atoms with Gasteiger partial charge in [0.1, 0.15) is 11.5 Å². The van der Waals surface area contributed by atoms with Gasteiger partial charge in [0, 0.05) is 56.1 Å². The molecular weight excluding hydrogens is 600 g/mol. The van der Waals surface area contributed by atoms with E-state index in [0.29, 0.717) is 5.82 Å². The number of nitrogens with zero attached hydrogens (tertiary/aromatic N) is 3. The fourth-order valence-electron chi connectivity index (χ4n) is 2.63. The predicted molar refractivity (Wildman–Crippen MR) is 134 cm³/mol. The number of alkyl carbamates (subject to hydrolysis) is 1. The first-order valence-electron chi connectivity index (χ1n) is 11.3. The Morgan fingerprint density at radius 3 is 2.65 bits per heavy atom. The summed E-state index contributed by atoms with van der Waals surface area (Å²) in [5.41, 5.74) is 0.180. The molecule has 0 aromatic carbocycles. The van der Waals surface area contributed by atoms with Crippen LogP contribution in [0, 0.1) is 5.92 Å². The maximum atomic E-state index is 12.0. The number of methoxy groups -OCH3 is 1. The molecule has 1 aliphatic heterocycles. The number of carbonyl (C=O) groups is 2. The van der Waals surface area contributed by atoms with Gasteiger partial charge in [-0.15, -0.1) is 5.10 Å². The molecule has 2 amide bonds. The third kappa shape index (κ3) is 13.7. The zero-order chi connectivity index (χ0) is 26.3. The van der Waals surface area contributed by atoms with Crippen molar-refractivity contribution < 1.29 is 32.6 Å². The second-order valence-corrected chi connectivity index (χ2v) is 7.80. The molecule has 203 valence electrons. The van der Waals surface area contributed by atoms with E-state index in [1.165, 1.54) is 43.9 Å². The van der Waals surface area contributed by atoms with Crippen LogP contribution in [0.1, 0.15) is 36.7 Å². The van der Waals surface area contributed by atoms with Crippen molar-refractivity contribution in [3.8, 4) is 5.88 Å². The zero-order valence-electron chi connectivity index (χ0n) is 20.9. The van der Waals surface area contributed by atoms with Gasteiger partial charge >= 0.3 is 6.09 Å². The van der Waals surface area contributed by atoms with E-state index >= 15 is 0 Å². The molecule has 0 spiro atoms. The monoisotopic (exact) mass is 631 g/mol. The van der Waals surface area contributed by atoms with E-state index < -0.39 is 18.9 Å². The third-order valence-corrected chi connectivity index (χ3v) is 4.62. The van der Waals surface area contributed by atoms with E-state index in [4.69, 9.17) is 9.47 Å². The van der Waals surface area contributed by atoms with Gasteiger partial charge in [-0.2, -0.15) is 5.10 Å². The number of carbonyl (C=O) groups excluding carboxylic acids is 2. The molecule has 14 heteroatoms. The van der Waals surface area contributed by atoms with Crippen molar-refractivity contribution >= 4 is 42.2 Å². The van der Waals surface area contributed by atoms with Gasteiger partial charge in [0.05, 0.1) is 26.2 Å². The van der Waals surface area contributed by atoms with Gasteiger partial charge in [0.2, 0.25) is 5.88 Å². The van der Waals surface area contributed by atoms with E-state index in [0.717, 1.165) is 18.9 Å². The number of H-pyrrole nitrogens is 1. The minimum Gasteiger partial charge on any atom is -0.501 e. The van der Waals surface area contributed by atoms with Crippen LogP contribution >= 0.6 is 0 Å². The van der Waals surface area contributed by atoms with Crippen LogP contribution in [0.4, 0.5) is 19.4 Å². The smallest absolute Gasteiger partial charge is 0.407 e. The molecule has 2 aromatic rings. The first kappa shape index (κ1) is 31.9. The summed E-state index contributed by atoms with van der Waals surface area (Å²) in [5.74, 6) is 0.692. The van der Waals surface area contributed by atoms with Crippen LogP contribution in [0.5, 0.6) is 5.88 Å². The predicted octanol–water partition coefficient (Wildman–Crippen LogP) is 3.28. The summed E-state index contributed by atoms with van der Waals surface area (Å²) in [4.78, 5) is 22.6. The second kappa shape index (κ2) is 17.4. The molecule has 1 saturated carbocycles. The van der Waals surface area contributed by atoms with Crippen molar-refractivity contribution in [1.82, 2.24) is 25.3 Å². The summed E-state index contributed by atoms with van der Waals surface area (Å²) in [5, 5.41) is 15.2. The van der Waals surface area contributed by atoms with Crippen LogP contribution in [0.25, 0.3) is 0 Å². The number of halogens is 2. The molecular formula is C23H32F2N6O5Sb. The number of aromatic nitrogens is 4. The summed E-state index contributed by atoms with van der Waals surface area (Å²) >= 11 is 0. The quantitative estimate of drug-likeness (QED) is 0.301. The Balaban J connectivity index is 0.000000323. The Morgan fingerprint density at radius 1 is 1.38 bits per heavy atom. The SMILES string of the molecule is C1=COCC1.COC(=O)NC(C)C=CC1CC1.Cn1nc(OCC(F)F)cc1C(=O)Nc1ccn[nH]1.[Sb]. The van der Waals surface area contributed by atoms with Crippen LogP contribution in [-0.4, -0.2) is 89.2 Å². The van der Waals surface area contributed by atoms with Gasteiger partial charge in [-0.25, -0.2) is 13.6 Å². The van der Waals surface area contributed by atoms with Crippen molar-refractivity contribution in [3.05, 3.63) is 48.5 Å². The molecule has 3 heterocycles. The van der Waals surface area contributed by atoms with Gasteiger partial charge in [-0.3, -0.25) is 14.6 Å². The molecule has 0 bridgehead atoms. The number of hydrogen-bond donors (Lipinski definition) is 3. The molecule has 1 unspecified atom stereocenters. The molecule has 1 atom stereocenters. The zero-order valence-corrected chi connectivity index (χ0v) is 23.4. The Bertz CT molecular complexity index is 990. The maximum Gasteiger partial charge on any atom is 0.407 e. The second-order valence-electron chi connectivity index (χ2n) is 7.80. The minimum absolute atomic E-state index is 0. The third-order valence-electron chi connectivity index (χ3n) is 4.62. The molecule has 2 aliphatic rings. The number of hydrogen-bond acceptors (Lipinski definition) is 7. The number of rotatable bonds is 8.